The van der Waals surface area contributed by atoms with Crippen LogP contribution in [0.25, 0.3) is 0 Å². The van der Waals surface area contributed by atoms with E-state index in [0.29, 0.717) is 11.3 Å². The molecule has 2 nitrogen and oxygen atoms in total. The SMILES string of the molecule is CC(=O)c1ccc(Oc2ccc(C(C)(C)C)cc2)c(Br)c1. The molecule has 0 amide bonds. The number of ketones is 1. The lowest BCUT2D eigenvalue weighted by Crippen LogP contribution is -2.10. The first-order chi connectivity index (χ1) is 9.77. The van der Waals surface area contributed by atoms with Crippen LogP contribution in [0.3, 0.4) is 0 Å². The zero-order valence-corrected chi connectivity index (χ0v) is 14.3. The van der Waals surface area contributed by atoms with Crippen molar-refractivity contribution in [2.45, 2.75) is 33.1 Å². The van der Waals surface area contributed by atoms with E-state index in [0.717, 1.165) is 10.2 Å². The van der Waals surface area contributed by atoms with Gasteiger partial charge in [-0.15, -0.1) is 0 Å². The van der Waals surface area contributed by atoms with E-state index in [4.69, 9.17) is 4.74 Å². The van der Waals surface area contributed by atoms with Gasteiger partial charge in [0.05, 0.1) is 4.47 Å². The summed E-state index contributed by atoms with van der Waals surface area (Å²) >= 11 is 3.44. The first-order valence-corrected chi connectivity index (χ1v) is 7.65. The second-order valence-corrected chi connectivity index (χ2v) is 6.93. The second kappa shape index (κ2) is 6.02. The smallest absolute Gasteiger partial charge is 0.159 e. The molecule has 0 saturated carbocycles. The monoisotopic (exact) mass is 346 g/mol. The molecule has 21 heavy (non-hydrogen) atoms. The summed E-state index contributed by atoms with van der Waals surface area (Å²) in [5.74, 6) is 1.51. The van der Waals surface area contributed by atoms with Gasteiger partial charge >= 0.3 is 0 Å². The van der Waals surface area contributed by atoms with Crippen molar-refractivity contribution in [2.24, 2.45) is 0 Å². The van der Waals surface area contributed by atoms with Gasteiger partial charge in [0.15, 0.2) is 5.78 Å². The molecule has 0 aliphatic rings. The van der Waals surface area contributed by atoms with E-state index in [1.165, 1.54) is 5.56 Å². The van der Waals surface area contributed by atoms with Gasteiger partial charge in [0, 0.05) is 5.56 Å². The molecular formula is C18H19BrO2. The van der Waals surface area contributed by atoms with E-state index in [1.54, 1.807) is 25.1 Å². The van der Waals surface area contributed by atoms with Gasteiger partial charge in [-0.3, -0.25) is 4.79 Å². The Balaban J connectivity index is 2.20. The summed E-state index contributed by atoms with van der Waals surface area (Å²) in [6.07, 6.45) is 0. The Bertz CT molecular complexity index is 652. The van der Waals surface area contributed by atoms with Crippen molar-refractivity contribution in [2.75, 3.05) is 0 Å². The molecular weight excluding hydrogens is 328 g/mol. The Hall–Kier alpha value is -1.61. The summed E-state index contributed by atoms with van der Waals surface area (Å²) in [7, 11) is 0. The van der Waals surface area contributed by atoms with Crippen molar-refractivity contribution in [3.05, 3.63) is 58.1 Å². The van der Waals surface area contributed by atoms with Crippen molar-refractivity contribution < 1.29 is 9.53 Å². The van der Waals surface area contributed by atoms with Crippen LogP contribution in [0.2, 0.25) is 0 Å². The van der Waals surface area contributed by atoms with E-state index in [-0.39, 0.29) is 11.2 Å². The van der Waals surface area contributed by atoms with Crippen molar-refractivity contribution in [1.82, 2.24) is 0 Å². The minimum atomic E-state index is 0.0387. The maximum absolute atomic E-state index is 11.3. The van der Waals surface area contributed by atoms with Gasteiger partial charge in [-0.2, -0.15) is 0 Å². The third kappa shape index (κ3) is 3.94. The molecule has 110 valence electrons. The number of Topliss-reactive ketones (excluding diaryl/α,β-unsaturated/α-hetero) is 1. The topological polar surface area (TPSA) is 26.3 Å². The molecule has 0 aliphatic carbocycles. The fourth-order valence-corrected chi connectivity index (χ4v) is 2.41. The molecule has 2 aromatic rings. The predicted molar refractivity (Wildman–Crippen MR) is 89.4 cm³/mol. The maximum atomic E-state index is 11.3. The molecule has 0 heterocycles. The second-order valence-electron chi connectivity index (χ2n) is 6.08. The summed E-state index contributed by atoms with van der Waals surface area (Å²) in [4.78, 5) is 11.3. The van der Waals surface area contributed by atoms with E-state index in [2.05, 4.69) is 48.8 Å². The Morgan fingerprint density at radius 2 is 1.67 bits per heavy atom. The van der Waals surface area contributed by atoms with Crippen molar-refractivity contribution in [3.8, 4) is 11.5 Å². The van der Waals surface area contributed by atoms with Crippen molar-refractivity contribution in [3.63, 3.8) is 0 Å². The lowest BCUT2D eigenvalue weighted by atomic mass is 9.87. The van der Waals surface area contributed by atoms with Gasteiger partial charge in [-0.1, -0.05) is 32.9 Å². The quantitative estimate of drug-likeness (QED) is 0.662. The van der Waals surface area contributed by atoms with Gasteiger partial charge in [0.25, 0.3) is 0 Å². The summed E-state index contributed by atoms with van der Waals surface area (Å²) in [5.41, 5.74) is 2.06. The molecule has 0 bridgehead atoms. The third-order valence-electron chi connectivity index (χ3n) is 3.29. The highest BCUT2D eigenvalue weighted by Gasteiger charge is 2.13. The molecule has 0 aromatic heterocycles. The number of halogens is 1. The van der Waals surface area contributed by atoms with Crippen LogP contribution in [-0.2, 0) is 5.41 Å². The number of rotatable bonds is 3. The first-order valence-electron chi connectivity index (χ1n) is 6.86. The summed E-state index contributed by atoms with van der Waals surface area (Å²) in [6.45, 7) is 8.09. The number of ether oxygens (including phenoxy) is 1. The van der Waals surface area contributed by atoms with Crippen molar-refractivity contribution in [1.29, 1.82) is 0 Å². The number of carbonyl (C=O) groups excluding carboxylic acids is 1. The molecule has 0 spiro atoms. The Kier molecular flexibility index (Phi) is 4.52. The molecule has 0 unspecified atom stereocenters. The highest BCUT2D eigenvalue weighted by molar-refractivity contribution is 9.10. The van der Waals surface area contributed by atoms with Crippen LogP contribution >= 0.6 is 15.9 Å². The molecule has 0 saturated heterocycles. The van der Waals surface area contributed by atoms with E-state index in [1.807, 2.05) is 12.1 Å². The number of hydrogen-bond acceptors (Lipinski definition) is 2. The number of benzene rings is 2. The average Bonchev–Trinajstić information content (AvgIpc) is 2.40. The number of carbonyl (C=O) groups is 1. The molecule has 0 aliphatic heterocycles. The predicted octanol–water partition coefficient (Wildman–Crippen LogP) is 5.74. The van der Waals surface area contributed by atoms with Crippen LogP contribution in [0.1, 0.15) is 43.6 Å². The minimum absolute atomic E-state index is 0.0387. The highest BCUT2D eigenvalue weighted by atomic mass is 79.9. The van der Waals surface area contributed by atoms with Gasteiger partial charge in [0.2, 0.25) is 0 Å². The largest absolute Gasteiger partial charge is 0.456 e. The van der Waals surface area contributed by atoms with Crippen LogP contribution in [0.5, 0.6) is 11.5 Å². The zero-order chi connectivity index (χ0) is 15.6. The Morgan fingerprint density at radius 1 is 1.05 bits per heavy atom. The first kappa shape index (κ1) is 15.8. The maximum Gasteiger partial charge on any atom is 0.159 e. The van der Waals surface area contributed by atoms with E-state index < -0.39 is 0 Å². The Morgan fingerprint density at radius 3 is 2.14 bits per heavy atom. The molecule has 2 rings (SSSR count). The Labute approximate surface area is 134 Å². The molecule has 0 fully saturated rings. The van der Waals surface area contributed by atoms with Gasteiger partial charge in [0.1, 0.15) is 11.5 Å². The fourth-order valence-electron chi connectivity index (χ4n) is 1.95. The van der Waals surface area contributed by atoms with Crippen LogP contribution in [0.15, 0.2) is 46.9 Å². The van der Waals surface area contributed by atoms with Gasteiger partial charge in [-0.05, 0) is 64.2 Å². The van der Waals surface area contributed by atoms with Crippen LogP contribution in [0.4, 0.5) is 0 Å². The van der Waals surface area contributed by atoms with Crippen molar-refractivity contribution >= 4 is 21.7 Å². The number of hydrogen-bond donors (Lipinski definition) is 0. The van der Waals surface area contributed by atoms with Gasteiger partial charge in [-0.25, -0.2) is 0 Å². The zero-order valence-electron chi connectivity index (χ0n) is 12.7. The fraction of sp³-hybridized carbons (Fsp3) is 0.278. The van der Waals surface area contributed by atoms with Crippen LogP contribution in [0, 0.1) is 0 Å². The standard InChI is InChI=1S/C18H19BrO2/c1-12(20)13-5-10-17(16(19)11-13)21-15-8-6-14(7-9-15)18(2,3)4/h5-11H,1-4H3. The molecule has 3 heteroatoms. The van der Waals surface area contributed by atoms with Crippen LogP contribution < -0.4 is 4.74 Å². The van der Waals surface area contributed by atoms with E-state index in [9.17, 15) is 4.79 Å². The lowest BCUT2D eigenvalue weighted by Gasteiger charge is -2.19. The molecule has 0 radical (unpaired) electrons. The average molecular weight is 347 g/mol. The molecule has 0 N–H and O–H groups in total. The highest BCUT2D eigenvalue weighted by Crippen LogP contribution is 2.32. The molecule has 2 aromatic carbocycles. The normalized spacial score (nSPS) is 11.3. The molecule has 0 atom stereocenters. The summed E-state index contributed by atoms with van der Waals surface area (Å²) in [6, 6.07) is 13.4. The third-order valence-corrected chi connectivity index (χ3v) is 3.91. The summed E-state index contributed by atoms with van der Waals surface area (Å²) in [5, 5.41) is 0. The van der Waals surface area contributed by atoms with Crippen LogP contribution in [-0.4, -0.2) is 5.78 Å². The summed E-state index contributed by atoms with van der Waals surface area (Å²) < 4.78 is 6.63. The van der Waals surface area contributed by atoms with Gasteiger partial charge < -0.3 is 4.74 Å². The lowest BCUT2D eigenvalue weighted by molar-refractivity contribution is 0.101. The van der Waals surface area contributed by atoms with E-state index >= 15 is 0 Å². The minimum Gasteiger partial charge on any atom is -0.456 e.